The molecule has 0 amide bonds. The van der Waals surface area contributed by atoms with Gasteiger partial charge in [-0.25, -0.2) is 0 Å². The van der Waals surface area contributed by atoms with Crippen molar-refractivity contribution in [1.29, 1.82) is 0 Å². The Bertz CT molecular complexity index is 374. The number of nitrogen functional groups attached to an aromatic ring is 1. The van der Waals surface area contributed by atoms with E-state index in [1.165, 1.54) is 0 Å². The molecule has 70 valence electrons. The average Bonchev–Trinajstić information content (AvgIpc) is 2.07. The van der Waals surface area contributed by atoms with Crippen molar-refractivity contribution in [3.05, 3.63) is 27.3 Å². The van der Waals surface area contributed by atoms with Crippen molar-refractivity contribution in [2.75, 3.05) is 5.73 Å². The highest BCUT2D eigenvalue weighted by atomic mass is 16.6. The van der Waals surface area contributed by atoms with E-state index in [2.05, 4.69) is 0 Å². The summed E-state index contributed by atoms with van der Waals surface area (Å²) in [5.41, 5.74) is 6.60. The van der Waals surface area contributed by atoms with Crippen LogP contribution in [0.4, 0.5) is 11.4 Å². The predicted molar refractivity (Wildman–Crippen MR) is 48.6 cm³/mol. The van der Waals surface area contributed by atoms with Gasteiger partial charge in [0.15, 0.2) is 0 Å². The van der Waals surface area contributed by atoms with Crippen molar-refractivity contribution in [3.63, 3.8) is 0 Å². The number of nitrogens with zero attached hydrogens (tertiary/aromatic N) is 1. The Morgan fingerprint density at radius 2 is 2.00 bits per heavy atom. The summed E-state index contributed by atoms with van der Waals surface area (Å²) in [5, 5.41) is 19.7. The standard InChI is InChI=1S/C8H10N2O3/c1-4-5(2)8(9)7(11)3-6(4)10(12)13/h3,11H,9H2,1-2H3. The van der Waals surface area contributed by atoms with Crippen molar-refractivity contribution < 1.29 is 10.0 Å². The minimum Gasteiger partial charge on any atom is -0.506 e. The first-order valence-corrected chi connectivity index (χ1v) is 3.68. The third-order valence-corrected chi connectivity index (χ3v) is 2.10. The van der Waals surface area contributed by atoms with Crippen LogP contribution in [0.1, 0.15) is 11.1 Å². The SMILES string of the molecule is Cc1c([N+](=O)[O-])cc(O)c(N)c1C. The van der Waals surface area contributed by atoms with E-state index in [9.17, 15) is 15.2 Å². The van der Waals surface area contributed by atoms with Gasteiger partial charge in [0.05, 0.1) is 16.7 Å². The highest BCUT2D eigenvalue weighted by Gasteiger charge is 2.17. The maximum atomic E-state index is 10.5. The number of benzene rings is 1. The number of phenols is 1. The molecule has 0 heterocycles. The fraction of sp³-hybridized carbons (Fsp3) is 0.250. The molecule has 0 aliphatic heterocycles. The lowest BCUT2D eigenvalue weighted by Crippen LogP contribution is -1.98. The Balaban J connectivity index is 3.50. The van der Waals surface area contributed by atoms with Crippen molar-refractivity contribution in [1.82, 2.24) is 0 Å². The van der Waals surface area contributed by atoms with Crippen LogP contribution in [0.3, 0.4) is 0 Å². The second-order valence-corrected chi connectivity index (χ2v) is 2.84. The minimum absolute atomic E-state index is 0.107. The van der Waals surface area contributed by atoms with Crippen LogP contribution in [0, 0.1) is 24.0 Å². The lowest BCUT2D eigenvalue weighted by Gasteiger charge is -2.06. The molecule has 0 aliphatic carbocycles. The third-order valence-electron chi connectivity index (χ3n) is 2.10. The smallest absolute Gasteiger partial charge is 0.276 e. The highest BCUT2D eigenvalue weighted by Crippen LogP contribution is 2.33. The molecule has 13 heavy (non-hydrogen) atoms. The lowest BCUT2D eigenvalue weighted by atomic mass is 10.1. The summed E-state index contributed by atoms with van der Waals surface area (Å²) >= 11 is 0. The Labute approximate surface area is 74.9 Å². The minimum atomic E-state index is -0.540. The molecular weight excluding hydrogens is 172 g/mol. The summed E-state index contributed by atoms with van der Waals surface area (Å²) in [4.78, 5) is 9.95. The van der Waals surface area contributed by atoms with Crippen LogP contribution in [-0.2, 0) is 0 Å². The van der Waals surface area contributed by atoms with E-state index in [0.29, 0.717) is 11.1 Å². The molecule has 0 unspecified atom stereocenters. The highest BCUT2D eigenvalue weighted by molar-refractivity contribution is 5.66. The topological polar surface area (TPSA) is 89.4 Å². The normalized spacial score (nSPS) is 10.0. The zero-order chi connectivity index (χ0) is 10.2. The van der Waals surface area contributed by atoms with Crippen LogP contribution in [0.5, 0.6) is 5.75 Å². The first-order valence-electron chi connectivity index (χ1n) is 3.68. The lowest BCUT2D eigenvalue weighted by molar-refractivity contribution is -0.385. The van der Waals surface area contributed by atoms with Gasteiger partial charge in [-0.1, -0.05) is 0 Å². The van der Waals surface area contributed by atoms with E-state index in [1.54, 1.807) is 13.8 Å². The number of rotatable bonds is 1. The van der Waals surface area contributed by atoms with Gasteiger partial charge in [0.25, 0.3) is 5.69 Å². The quantitative estimate of drug-likeness (QED) is 0.298. The molecule has 0 fully saturated rings. The number of nitrogens with two attached hydrogens (primary N) is 1. The molecule has 0 spiro atoms. The Morgan fingerprint density at radius 1 is 1.46 bits per heavy atom. The molecule has 0 aliphatic rings. The van der Waals surface area contributed by atoms with E-state index in [1.807, 2.05) is 0 Å². The fourth-order valence-electron chi connectivity index (χ4n) is 1.09. The average molecular weight is 182 g/mol. The molecule has 0 radical (unpaired) electrons. The van der Waals surface area contributed by atoms with Gasteiger partial charge < -0.3 is 10.8 Å². The summed E-state index contributed by atoms with van der Waals surface area (Å²) in [6, 6.07) is 1.07. The number of phenolic OH excluding ortho intramolecular Hbond substituents is 1. The van der Waals surface area contributed by atoms with Crippen LogP contribution in [0.25, 0.3) is 0 Å². The molecule has 1 aromatic carbocycles. The Morgan fingerprint density at radius 3 is 2.46 bits per heavy atom. The zero-order valence-corrected chi connectivity index (χ0v) is 7.37. The molecule has 0 atom stereocenters. The van der Waals surface area contributed by atoms with Crippen molar-refractivity contribution in [3.8, 4) is 5.75 Å². The van der Waals surface area contributed by atoms with Gasteiger partial charge in [0.1, 0.15) is 5.75 Å². The molecule has 5 heteroatoms. The number of nitro groups is 1. The first kappa shape index (κ1) is 9.31. The number of hydrogen-bond acceptors (Lipinski definition) is 4. The van der Waals surface area contributed by atoms with Crippen LogP contribution < -0.4 is 5.73 Å². The summed E-state index contributed by atoms with van der Waals surface area (Å²) in [7, 11) is 0. The zero-order valence-electron chi connectivity index (χ0n) is 7.37. The fourth-order valence-corrected chi connectivity index (χ4v) is 1.09. The monoisotopic (exact) mass is 182 g/mol. The van der Waals surface area contributed by atoms with Crippen LogP contribution in [0.2, 0.25) is 0 Å². The number of hydrogen-bond donors (Lipinski definition) is 2. The number of anilines is 1. The second kappa shape index (κ2) is 2.93. The van der Waals surface area contributed by atoms with Crippen LogP contribution >= 0.6 is 0 Å². The van der Waals surface area contributed by atoms with Crippen molar-refractivity contribution in [2.45, 2.75) is 13.8 Å². The van der Waals surface area contributed by atoms with Gasteiger partial charge in [-0.3, -0.25) is 10.1 Å². The molecule has 0 aromatic heterocycles. The van der Waals surface area contributed by atoms with Gasteiger partial charge in [-0.15, -0.1) is 0 Å². The largest absolute Gasteiger partial charge is 0.506 e. The van der Waals surface area contributed by atoms with E-state index in [-0.39, 0.29) is 17.1 Å². The van der Waals surface area contributed by atoms with E-state index < -0.39 is 4.92 Å². The van der Waals surface area contributed by atoms with Gasteiger partial charge in [-0.2, -0.15) is 0 Å². The summed E-state index contributed by atoms with van der Waals surface area (Å²) < 4.78 is 0. The van der Waals surface area contributed by atoms with E-state index in [0.717, 1.165) is 6.07 Å². The molecule has 5 nitrogen and oxygen atoms in total. The summed E-state index contributed by atoms with van der Waals surface area (Å²) in [6.45, 7) is 3.24. The van der Waals surface area contributed by atoms with E-state index >= 15 is 0 Å². The van der Waals surface area contributed by atoms with Gasteiger partial charge >= 0.3 is 0 Å². The predicted octanol–water partition coefficient (Wildman–Crippen LogP) is 1.50. The molecule has 1 rings (SSSR count). The maximum absolute atomic E-state index is 10.5. The molecule has 0 saturated heterocycles. The molecule has 1 aromatic rings. The third kappa shape index (κ3) is 1.40. The summed E-state index contributed by atoms with van der Waals surface area (Å²) in [6.07, 6.45) is 0. The van der Waals surface area contributed by atoms with Crippen LogP contribution in [0.15, 0.2) is 6.07 Å². The Kier molecular flexibility index (Phi) is 2.10. The number of nitro benzene ring substituents is 1. The summed E-state index contributed by atoms with van der Waals surface area (Å²) in [5.74, 6) is -0.241. The molecule has 0 saturated carbocycles. The number of aromatic hydroxyl groups is 1. The molecular formula is C8H10N2O3. The molecule has 3 N–H and O–H groups in total. The van der Waals surface area contributed by atoms with Crippen molar-refractivity contribution in [2.24, 2.45) is 0 Å². The van der Waals surface area contributed by atoms with Gasteiger partial charge in [-0.05, 0) is 19.4 Å². The van der Waals surface area contributed by atoms with Crippen molar-refractivity contribution >= 4 is 11.4 Å². The Hall–Kier alpha value is -1.78. The van der Waals surface area contributed by atoms with Crippen LogP contribution in [-0.4, -0.2) is 10.0 Å². The molecule has 0 bridgehead atoms. The second-order valence-electron chi connectivity index (χ2n) is 2.84. The van der Waals surface area contributed by atoms with Gasteiger partial charge in [0, 0.05) is 5.56 Å². The van der Waals surface area contributed by atoms with Gasteiger partial charge in [0.2, 0.25) is 0 Å². The first-order chi connectivity index (χ1) is 5.95. The van der Waals surface area contributed by atoms with E-state index in [4.69, 9.17) is 5.73 Å². The maximum Gasteiger partial charge on any atom is 0.276 e.